The van der Waals surface area contributed by atoms with Gasteiger partial charge < -0.3 is 5.11 Å². The lowest BCUT2D eigenvalue weighted by molar-refractivity contribution is 0.350. The van der Waals surface area contributed by atoms with Gasteiger partial charge in [-0.3, -0.25) is 0 Å². The lowest BCUT2D eigenvalue weighted by Crippen LogP contribution is -2.31. The molecule has 6 heteroatoms. The van der Waals surface area contributed by atoms with E-state index in [2.05, 4.69) is 11.8 Å². The summed E-state index contributed by atoms with van der Waals surface area (Å²) in [6.45, 7) is 3.27. The zero-order valence-electron chi connectivity index (χ0n) is 12.3. The summed E-state index contributed by atoms with van der Waals surface area (Å²) in [4.78, 5) is 0.0849. The summed E-state index contributed by atoms with van der Waals surface area (Å²) in [5.41, 5.74) is 1.23. The number of nitrogens with zero attached hydrogens (tertiary/aromatic N) is 2. The van der Waals surface area contributed by atoms with E-state index in [9.17, 15) is 8.42 Å². The second-order valence-corrected chi connectivity index (χ2v) is 6.79. The molecule has 1 N–H and O–H groups in total. The lowest BCUT2D eigenvalue weighted by Gasteiger charge is -2.19. The monoisotopic (exact) mass is 306 g/mol. The highest BCUT2D eigenvalue weighted by Crippen LogP contribution is 2.21. The van der Waals surface area contributed by atoms with Gasteiger partial charge in [-0.25, -0.2) is 8.42 Å². The van der Waals surface area contributed by atoms with Crippen LogP contribution in [0.3, 0.4) is 0 Å². The Hall–Kier alpha value is -1.86. The number of rotatable bonds is 4. The maximum absolute atomic E-state index is 12.6. The molecule has 1 aromatic rings. The predicted octanol–water partition coefficient (Wildman–Crippen LogP) is 1.12. The molecule has 0 heterocycles. The number of sulfonamides is 1. The van der Waals surface area contributed by atoms with Gasteiger partial charge in [0.05, 0.1) is 16.9 Å². The largest absolute Gasteiger partial charge is 0.384 e. The summed E-state index contributed by atoms with van der Waals surface area (Å²) in [7, 11) is -2.29. The fraction of sp³-hybridized carbons (Fsp3) is 0.400. The van der Waals surface area contributed by atoms with Gasteiger partial charge in [0.25, 0.3) is 0 Å². The molecule has 0 saturated carbocycles. The normalized spacial score (nSPS) is 12.4. The summed E-state index contributed by atoms with van der Waals surface area (Å²) < 4.78 is 26.3. The molecule has 1 rings (SSSR count). The van der Waals surface area contributed by atoms with Crippen LogP contribution in [-0.2, 0) is 10.0 Å². The molecule has 0 aromatic heterocycles. The molecule has 21 heavy (non-hydrogen) atoms. The Labute approximate surface area is 125 Å². The number of hydrogen-bond acceptors (Lipinski definition) is 4. The zero-order valence-corrected chi connectivity index (χ0v) is 13.1. The third-order valence-corrected chi connectivity index (χ3v) is 4.76. The van der Waals surface area contributed by atoms with Gasteiger partial charge in [0.2, 0.25) is 10.0 Å². The molecule has 0 aliphatic rings. The number of nitriles is 1. The van der Waals surface area contributed by atoms with Crippen molar-refractivity contribution in [1.82, 2.24) is 4.31 Å². The van der Waals surface area contributed by atoms with Crippen molar-refractivity contribution in [2.24, 2.45) is 5.92 Å². The second-order valence-electron chi connectivity index (χ2n) is 4.78. The number of aliphatic hydroxyl groups excluding tert-OH is 1. The standard InChI is InChI=1S/C15H18N2O3S/c1-12-6-7-15(14(9-12)5-4-8-18)21(19,20)17(3)11-13(2)10-16/h6-7,9,13,18H,8,11H2,1-3H3. The van der Waals surface area contributed by atoms with E-state index in [1.807, 2.05) is 13.0 Å². The number of hydrogen-bond donors (Lipinski definition) is 1. The van der Waals surface area contributed by atoms with E-state index < -0.39 is 15.9 Å². The summed E-state index contributed by atoms with van der Waals surface area (Å²) in [6, 6.07) is 6.87. The van der Waals surface area contributed by atoms with Crippen molar-refractivity contribution in [3.05, 3.63) is 29.3 Å². The van der Waals surface area contributed by atoms with Crippen LogP contribution in [0.1, 0.15) is 18.1 Å². The van der Waals surface area contributed by atoms with Crippen LogP contribution in [0.25, 0.3) is 0 Å². The first-order valence-corrected chi connectivity index (χ1v) is 7.83. The van der Waals surface area contributed by atoms with E-state index in [0.29, 0.717) is 5.56 Å². The molecule has 1 unspecified atom stereocenters. The van der Waals surface area contributed by atoms with Crippen molar-refractivity contribution < 1.29 is 13.5 Å². The predicted molar refractivity (Wildman–Crippen MR) is 79.7 cm³/mol. The first-order chi connectivity index (χ1) is 9.82. The first kappa shape index (κ1) is 17.2. The molecule has 0 amide bonds. The summed E-state index contributed by atoms with van der Waals surface area (Å²) in [6.07, 6.45) is 0. The smallest absolute Gasteiger partial charge is 0.244 e. The molecule has 0 radical (unpaired) electrons. The maximum atomic E-state index is 12.6. The van der Waals surface area contributed by atoms with Gasteiger partial charge in [0.1, 0.15) is 6.61 Å². The van der Waals surface area contributed by atoms with E-state index in [4.69, 9.17) is 10.4 Å². The van der Waals surface area contributed by atoms with Crippen molar-refractivity contribution in [2.45, 2.75) is 18.7 Å². The maximum Gasteiger partial charge on any atom is 0.244 e. The van der Waals surface area contributed by atoms with Gasteiger partial charge in [0.15, 0.2) is 0 Å². The van der Waals surface area contributed by atoms with Crippen molar-refractivity contribution in [3.63, 3.8) is 0 Å². The highest BCUT2D eigenvalue weighted by molar-refractivity contribution is 7.89. The van der Waals surface area contributed by atoms with E-state index >= 15 is 0 Å². The number of aryl methyl sites for hydroxylation is 1. The highest BCUT2D eigenvalue weighted by Gasteiger charge is 2.24. The molecule has 0 fully saturated rings. The zero-order chi connectivity index (χ0) is 16.0. The molecule has 1 atom stereocenters. The minimum absolute atomic E-state index is 0.0849. The molecule has 5 nitrogen and oxygen atoms in total. The molecular formula is C15H18N2O3S. The third kappa shape index (κ3) is 4.30. The Kier molecular flexibility index (Phi) is 5.92. The van der Waals surface area contributed by atoms with E-state index in [0.717, 1.165) is 9.87 Å². The van der Waals surface area contributed by atoms with Gasteiger partial charge in [-0.1, -0.05) is 17.9 Å². The fourth-order valence-electron chi connectivity index (χ4n) is 1.79. The SMILES string of the molecule is Cc1ccc(S(=O)(=O)N(C)CC(C)C#N)c(C#CCO)c1. The quantitative estimate of drug-likeness (QED) is 0.845. The third-order valence-electron chi connectivity index (χ3n) is 2.88. The van der Waals surface area contributed by atoms with Crippen LogP contribution in [0.2, 0.25) is 0 Å². The average Bonchev–Trinajstić information content (AvgIpc) is 2.44. The van der Waals surface area contributed by atoms with Crippen LogP contribution in [0.5, 0.6) is 0 Å². The molecular weight excluding hydrogens is 288 g/mol. The summed E-state index contributed by atoms with van der Waals surface area (Å²) in [5.74, 6) is 4.73. The summed E-state index contributed by atoms with van der Waals surface area (Å²) >= 11 is 0. The number of benzene rings is 1. The molecule has 0 spiro atoms. The van der Waals surface area contributed by atoms with E-state index in [-0.39, 0.29) is 18.0 Å². The summed E-state index contributed by atoms with van der Waals surface area (Å²) in [5, 5.41) is 17.6. The van der Waals surface area contributed by atoms with Crippen molar-refractivity contribution in [2.75, 3.05) is 20.2 Å². The van der Waals surface area contributed by atoms with Gasteiger partial charge in [0, 0.05) is 19.2 Å². The molecule has 0 saturated heterocycles. The van der Waals surface area contributed by atoms with Crippen LogP contribution >= 0.6 is 0 Å². The first-order valence-electron chi connectivity index (χ1n) is 6.39. The van der Waals surface area contributed by atoms with Crippen molar-refractivity contribution in [1.29, 1.82) is 5.26 Å². The van der Waals surface area contributed by atoms with Crippen LogP contribution in [0.15, 0.2) is 23.1 Å². The van der Waals surface area contributed by atoms with Gasteiger partial charge >= 0.3 is 0 Å². The molecule has 0 bridgehead atoms. The average molecular weight is 306 g/mol. The minimum Gasteiger partial charge on any atom is -0.384 e. The van der Waals surface area contributed by atoms with E-state index in [1.54, 1.807) is 19.1 Å². The topological polar surface area (TPSA) is 81.4 Å². The van der Waals surface area contributed by atoms with Crippen LogP contribution in [0, 0.1) is 36.0 Å². The van der Waals surface area contributed by atoms with E-state index in [1.165, 1.54) is 13.1 Å². The number of aliphatic hydroxyl groups is 1. The Morgan fingerprint density at radius 1 is 1.43 bits per heavy atom. The second kappa shape index (κ2) is 7.24. The van der Waals surface area contributed by atoms with Crippen LogP contribution in [-0.4, -0.2) is 38.0 Å². The Morgan fingerprint density at radius 2 is 2.10 bits per heavy atom. The van der Waals surface area contributed by atoms with Gasteiger partial charge in [-0.2, -0.15) is 9.57 Å². The van der Waals surface area contributed by atoms with Gasteiger partial charge in [-0.05, 0) is 31.5 Å². The molecule has 0 aliphatic heterocycles. The molecule has 0 aliphatic carbocycles. The highest BCUT2D eigenvalue weighted by atomic mass is 32.2. The van der Waals surface area contributed by atoms with Gasteiger partial charge in [-0.15, -0.1) is 0 Å². The minimum atomic E-state index is -3.72. The Morgan fingerprint density at radius 3 is 2.67 bits per heavy atom. The molecule has 112 valence electrons. The van der Waals surface area contributed by atoms with Crippen molar-refractivity contribution >= 4 is 10.0 Å². The molecule has 1 aromatic carbocycles. The van der Waals surface area contributed by atoms with Crippen LogP contribution < -0.4 is 0 Å². The lowest BCUT2D eigenvalue weighted by atomic mass is 10.1. The fourth-order valence-corrected chi connectivity index (χ4v) is 3.18. The Bertz CT molecular complexity index is 709. The Balaban J connectivity index is 3.28. The van der Waals surface area contributed by atoms with Crippen LogP contribution in [0.4, 0.5) is 0 Å². The van der Waals surface area contributed by atoms with Crippen molar-refractivity contribution in [3.8, 4) is 17.9 Å².